The van der Waals surface area contributed by atoms with Crippen molar-refractivity contribution in [1.82, 2.24) is 0 Å². The van der Waals surface area contributed by atoms with Crippen LogP contribution in [0.2, 0.25) is 0 Å². The maximum Gasteiger partial charge on any atom is 0.357 e. The van der Waals surface area contributed by atoms with E-state index in [0.29, 0.717) is 0 Å². The van der Waals surface area contributed by atoms with Gasteiger partial charge in [-0.15, -0.1) is 0 Å². The first kappa shape index (κ1) is 11.8. The third-order valence-electron chi connectivity index (χ3n) is 0.914. The van der Waals surface area contributed by atoms with Gasteiger partial charge in [0, 0.05) is 0 Å². The van der Waals surface area contributed by atoms with Gasteiger partial charge in [-0.3, -0.25) is 0 Å². The number of primary amides is 2. The molecule has 0 fully saturated rings. The molecule has 0 atom stereocenters. The number of hydrogen-bond donors (Lipinski definition) is 2. The quantitative estimate of drug-likeness (QED) is 0.606. The molecule has 0 radical (unpaired) electrons. The molecule has 0 bridgehead atoms. The molecule has 0 aliphatic rings. The van der Waals surface area contributed by atoms with Gasteiger partial charge in [-0.2, -0.15) is 0 Å². The molecule has 4 N–H and O–H groups in total. The molecule has 1 aromatic rings. The number of carbonyl (C=O) groups is 2. The van der Waals surface area contributed by atoms with E-state index in [1.54, 1.807) is 0 Å². The lowest BCUT2D eigenvalue weighted by Gasteiger charge is -1.74. The monoisotopic (exact) mass is 194 g/mol. The van der Waals surface area contributed by atoms with Gasteiger partial charge in [0.15, 0.2) is 0 Å². The van der Waals surface area contributed by atoms with Gasteiger partial charge in [-0.25, -0.2) is 9.59 Å². The minimum Gasteiger partial charge on any atom is -0.348 e. The van der Waals surface area contributed by atoms with E-state index in [1.165, 1.54) is 0 Å². The number of azo groups is 1. The predicted octanol–water partition coefficient (Wildman–Crippen LogP) is 1.28. The second kappa shape index (κ2) is 7.41. The fourth-order valence-electron chi connectivity index (χ4n) is 0.483. The number of carbonyl (C=O) groups excluding carboxylic acids is 2. The van der Waals surface area contributed by atoms with Gasteiger partial charge in [0.1, 0.15) is 0 Å². The van der Waals surface area contributed by atoms with Crippen molar-refractivity contribution >= 4 is 12.1 Å². The highest BCUT2D eigenvalue weighted by molar-refractivity contribution is 5.77. The number of urea groups is 2. The number of amides is 4. The summed E-state index contributed by atoms with van der Waals surface area (Å²) < 4.78 is 0. The molecule has 14 heavy (non-hydrogen) atoms. The van der Waals surface area contributed by atoms with Gasteiger partial charge < -0.3 is 11.5 Å². The Morgan fingerprint density at radius 2 is 0.929 bits per heavy atom. The minimum absolute atomic E-state index is 1.04. The molecule has 0 aliphatic carbocycles. The normalized spacial score (nSPS) is 8.86. The van der Waals surface area contributed by atoms with E-state index >= 15 is 0 Å². The van der Waals surface area contributed by atoms with Crippen molar-refractivity contribution in [3.8, 4) is 0 Å². The first-order chi connectivity index (χ1) is 6.63. The molecule has 4 amide bonds. The van der Waals surface area contributed by atoms with E-state index in [-0.39, 0.29) is 0 Å². The highest BCUT2D eigenvalue weighted by Crippen LogP contribution is 1.79. The van der Waals surface area contributed by atoms with E-state index in [0.717, 1.165) is 0 Å². The van der Waals surface area contributed by atoms with E-state index in [2.05, 4.69) is 21.7 Å². The summed E-state index contributed by atoms with van der Waals surface area (Å²) in [4.78, 5) is 19.3. The average molecular weight is 194 g/mol. The summed E-state index contributed by atoms with van der Waals surface area (Å²) in [7, 11) is 0. The smallest absolute Gasteiger partial charge is 0.348 e. The number of rotatable bonds is 0. The molecule has 6 heteroatoms. The van der Waals surface area contributed by atoms with Crippen molar-refractivity contribution in [1.29, 1.82) is 0 Å². The lowest BCUT2D eigenvalue weighted by atomic mass is 10.4. The molecule has 0 aromatic heterocycles. The van der Waals surface area contributed by atoms with Crippen LogP contribution < -0.4 is 11.5 Å². The Morgan fingerprint density at radius 3 is 1.07 bits per heavy atom. The van der Waals surface area contributed by atoms with Crippen LogP contribution in [0, 0.1) is 0 Å². The summed E-state index contributed by atoms with van der Waals surface area (Å²) in [5.74, 6) is 0. The molecular weight excluding hydrogens is 184 g/mol. The standard InChI is InChI=1S/C6H6.C2H4N4O2/c1-2-4-6-5-3-1;3-1(7)5-6-2(4)8/h1-6H;(H2,3,7)(H2,4,8). The lowest BCUT2D eigenvalue weighted by Crippen LogP contribution is -2.07. The Morgan fingerprint density at radius 1 is 0.714 bits per heavy atom. The van der Waals surface area contributed by atoms with Crippen LogP contribution in [0.1, 0.15) is 0 Å². The zero-order chi connectivity index (χ0) is 10.8. The van der Waals surface area contributed by atoms with Gasteiger partial charge in [0.25, 0.3) is 0 Å². The maximum absolute atomic E-state index is 9.66. The van der Waals surface area contributed by atoms with Gasteiger partial charge in [0.05, 0.1) is 0 Å². The van der Waals surface area contributed by atoms with Crippen LogP contribution in [0.4, 0.5) is 9.59 Å². The first-order valence-electron chi connectivity index (χ1n) is 3.63. The lowest BCUT2D eigenvalue weighted by molar-refractivity contribution is 0.249. The van der Waals surface area contributed by atoms with Crippen LogP contribution in [0.25, 0.3) is 0 Å². The van der Waals surface area contributed by atoms with Gasteiger partial charge in [-0.1, -0.05) is 46.6 Å². The molecule has 0 heterocycles. The number of nitrogens with zero attached hydrogens (tertiary/aromatic N) is 2. The summed E-state index contributed by atoms with van der Waals surface area (Å²) in [5.41, 5.74) is 8.87. The van der Waals surface area contributed by atoms with Gasteiger partial charge in [0.2, 0.25) is 0 Å². The molecule has 1 rings (SSSR count). The molecule has 0 saturated carbocycles. The Hall–Kier alpha value is -2.24. The van der Waals surface area contributed by atoms with Crippen molar-refractivity contribution in [3.63, 3.8) is 0 Å². The Balaban J connectivity index is 0.000000249. The summed E-state index contributed by atoms with van der Waals surface area (Å²) in [6.45, 7) is 0. The Bertz CT molecular complexity index is 268. The van der Waals surface area contributed by atoms with Crippen LogP contribution in [0.15, 0.2) is 46.6 Å². The van der Waals surface area contributed by atoms with E-state index in [9.17, 15) is 9.59 Å². The highest BCUT2D eigenvalue weighted by Gasteiger charge is 1.86. The van der Waals surface area contributed by atoms with Crippen LogP contribution in [-0.4, -0.2) is 12.1 Å². The van der Waals surface area contributed by atoms with Gasteiger partial charge in [-0.05, 0) is 0 Å². The molecule has 0 saturated heterocycles. The predicted molar refractivity (Wildman–Crippen MR) is 50.5 cm³/mol. The third kappa shape index (κ3) is 9.76. The van der Waals surface area contributed by atoms with E-state index < -0.39 is 12.1 Å². The molecular formula is C8H10N4O2. The van der Waals surface area contributed by atoms with Crippen molar-refractivity contribution in [2.45, 2.75) is 0 Å². The van der Waals surface area contributed by atoms with Crippen molar-refractivity contribution < 1.29 is 9.59 Å². The summed E-state index contributed by atoms with van der Waals surface area (Å²) in [6.07, 6.45) is 0. The minimum atomic E-state index is -1.04. The Kier molecular flexibility index (Phi) is 6.23. The fourth-order valence-corrected chi connectivity index (χ4v) is 0.483. The Labute approximate surface area is 80.6 Å². The molecule has 1 aromatic carbocycles. The van der Waals surface area contributed by atoms with Gasteiger partial charge >= 0.3 is 12.1 Å². The van der Waals surface area contributed by atoms with Crippen molar-refractivity contribution in [3.05, 3.63) is 36.4 Å². The molecule has 0 aliphatic heterocycles. The second-order valence-corrected chi connectivity index (χ2v) is 2.03. The topological polar surface area (TPSA) is 111 Å². The third-order valence-corrected chi connectivity index (χ3v) is 0.914. The van der Waals surface area contributed by atoms with Crippen molar-refractivity contribution in [2.24, 2.45) is 21.7 Å². The van der Waals surface area contributed by atoms with Crippen LogP contribution in [0.5, 0.6) is 0 Å². The zero-order valence-electron chi connectivity index (χ0n) is 7.33. The number of hydrogen-bond acceptors (Lipinski definition) is 2. The van der Waals surface area contributed by atoms with E-state index in [4.69, 9.17) is 0 Å². The number of nitrogens with two attached hydrogens (primary N) is 2. The number of benzene rings is 1. The summed E-state index contributed by atoms with van der Waals surface area (Å²) in [5, 5.41) is 5.23. The summed E-state index contributed by atoms with van der Waals surface area (Å²) >= 11 is 0. The van der Waals surface area contributed by atoms with Crippen LogP contribution in [0.3, 0.4) is 0 Å². The fraction of sp³-hybridized carbons (Fsp3) is 0. The zero-order valence-corrected chi connectivity index (χ0v) is 7.33. The summed E-state index contributed by atoms with van der Waals surface area (Å²) in [6, 6.07) is 9.92. The van der Waals surface area contributed by atoms with E-state index in [1.807, 2.05) is 36.4 Å². The molecule has 0 spiro atoms. The highest BCUT2D eigenvalue weighted by atomic mass is 16.2. The largest absolute Gasteiger partial charge is 0.357 e. The molecule has 6 nitrogen and oxygen atoms in total. The van der Waals surface area contributed by atoms with Crippen molar-refractivity contribution in [2.75, 3.05) is 0 Å². The first-order valence-corrected chi connectivity index (χ1v) is 3.63. The molecule has 0 unspecified atom stereocenters. The van der Waals surface area contributed by atoms with Crippen LogP contribution in [-0.2, 0) is 0 Å². The van der Waals surface area contributed by atoms with Crippen LogP contribution >= 0.6 is 0 Å². The average Bonchev–Trinajstić information content (AvgIpc) is 2.18. The second-order valence-electron chi connectivity index (χ2n) is 2.03. The maximum atomic E-state index is 9.66. The molecule has 74 valence electrons. The SMILES string of the molecule is NC(=O)N=NC(N)=O.c1ccccc1.